The maximum atomic E-state index is 13.7. The Morgan fingerprint density at radius 3 is 2.00 bits per heavy atom. The van der Waals surface area contributed by atoms with Crippen molar-refractivity contribution >= 4 is 23.2 Å². The molecule has 2 rings (SSSR count). The fourth-order valence-electron chi connectivity index (χ4n) is 2.00. The summed E-state index contributed by atoms with van der Waals surface area (Å²) >= 11 is 0. The monoisotopic (exact) mass is 350 g/mol. The van der Waals surface area contributed by atoms with Crippen LogP contribution in [-0.2, 0) is 9.59 Å². The lowest BCUT2D eigenvalue weighted by molar-refractivity contribution is -0.135. The van der Waals surface area contributed by atoms with Gasteiger partial charge in [-0.05, 0) is 44.5 Å². The Balaban J connectivity index is 2.18. The maximum absolute atomic E-state index is 13.7. The summed E-state index contributed by atoms with van der Waals surface area (Å²) in [7, 11) is 0. The van der Waals surface area contributed by atoms with E-state index in [-0.39, 0.29) is 0 Å². The number of carbonyl (C=O) groups is 2. The number of aryl methyl sites for hydroxylation is 1. The van der Waals surface area contributed by atoms with E-state index in [0.717, 1.165) is 11.6 Å². The van der Waals surface area contributed by atoms with Gasteiger partial charge >= 0.3 is 0 Å². The molecule has 0 aliphatic carbocycles. The van der Waals surface area contributed by atoms with Gasteiger partial charge in [0, 0.05) is 5.69 Å². The molecule has 0 bridgehead atoms. The third kappa shape index (κ3) is 3.81. The Morgan fingerprint density at radius 1 is 0.840 bits per heavy atom. The molecule has 0 spiro atoms. The topological polar surface area (TPSA) is 58.2 Å². The molecule has 0 unspecified atom stereocenters. The molecule has 25 heavy (non-hydrogen) atoms. The summed E-state index contributed by atoms with van der Waals surface area (Å²) in [4.78, 5) is 24.8. The molecule has 0 aliphatic heterocycles. The van der Waals surface area contributed by atoms with Crippen molar-refractivity contribution in [3.8, 4) is 0 Å². The molecule has 0 aliphatic rings. The van der Waals surface area contributed by atoms with E-state index in [9.17, 15) is 22.8 Å². The smallest absolute Gasteiger partial charge is 0.239 e. The first-order valence-electron chi connectivity index (χ1n) is 7.46. The van der Waals surface area contributed by atoms with E-state index in [0.29, 0.717) is 11.8 Å². The zero-order chi connectivity index (χ0) is 18.8. The molecule has 0 heterocycles. The Labute approximate surface area is 143 Å². The zero-order valence-corrected chi connectivity index (χ0v) is 13.9. The van der Waals surface area contributed by atoms with Crippen LogP contribution < -0.4 is 10.6 Å². The molecule has 4 nitrogen and oxygen atoms in total. The van der Waals surface area contributed by atoms with Gasteiger partial charge in [-0.3, -0.25) is 9.59 Å². The van der Waals surface area contributed by atoms with Gasteiger partial charge in [0.15, 0.2) is 17.5 Å². The number of hydrogen-bond acceptors (Lipinski definition) is 2. The second-order valence-electron chi connectivity index (χ2n) is 6.07. The molecule has 2 amide bonds. The second kappa shape index (κ2) is 6.96. The van der Waals surface area contributed by atoms with Gasteiger partial charge in [0.1, 0.15) is 5.41 Å². The van der Waals surface area contributed by atoms with Crippen LogP contribution in [0, 0.1) is 29.8 Å². The van der Waals surface area contributed by atoms with E-state index in [4.69, 9.17) is 0 Å². The number of anilines is 2. The summed E-state index contributed by atoms with van der Waals surface area (Å²) in [6.07, 6.45) is 0. The first-order valence-corrected chi connectivity index (χ1v) is 7.46. The lowest BCUT2D eigenvalue weighted by Gasteiger charge is -2.23. The molecule has 0 radical (unpaired) electrons. The number of benzene rings is 2. The van der Waals surface area contributed by atoms with Gasteiger partial charge in [0.05, 0.1) is 5.69 Å². The van der Waals surface area contributed by atoms with Crippen LogP contribution in [0.3, 0.4) is 0 Å². The Hall–Kier alpha value is -2.83. The summed E-state index contributed by atoms with van der Waals surface area (Å²) in [6, 6.07) is 8.58. The van der Waals surface area contributed by atoms with Crippen LogP contribution in [0.15, 0.2) is 36.4 Å². The Kier molecular flexibility index (Phi) is 5.15. The fourth-order valence-corrected chi connectivity index (χ4v) is 2.00. The zero-order valence-electron chi connectivity index (χ0n) is 13.9. The van der Waals surface area contributed by atoms with Gasteiger partial charge in [0.25, 0.3) is 0 Å². The molecule has 0 aromatic heterocycles. The number of hydrogen-bond donors (Lipinski definition) is 2. The number of para-hydroxylation sites is 1. The highest BCUT2D eigenvalue weighted by Crippen LogP contribution is 2.25. The SMILES string of the molecule is Cc1ccccc1NC(=O)C(C)(C)C(=O)Nc1ccc(F)c(F)c1F. The van der Waals surface area contributed by atoms with E-state index in [2.05, 4.69) is 10.6 Å². The number of carbonyl (C=O) groups excluding carboxylic acids is 2. The van der Waals surface area contributed by atoms with E-state index in [1.807, 2.05) is 0 Å². The lowest BCUT2D eigenvalue weighted by Crippen LogP contribution is -2.41. The van der Waals surface area contributed by atoms with Gasteiger partial charge in [-0.25, -0.2) is 13.2 Å². The summed E-state index contributed by atoms with van der Waals surface area (Å²) in [5.74, 6) is -6.07. The minimum atomic E-state index is -1.69. The van der Waals surface area contributed by atoms with E-state index in [1.54, 1.807) is 31.2 Å². The van der Waals surface area contributed by atoms with Crippen molar-refractivity contribution in [3.63, 3.8) is 0 Å². The summed E-state index contributed by atoms with van der Waals surface area (Å²) in [5, 5.41) is 4.74. The van der Waals surface area contributed by atoms with Crippen molar-refractivity contribution < 1.29 is 22.8 Å². The van der Waals surface area contributed by atoms with Crippen molar-refractivity contribution in [2.24, 2.45) is 5.41 Å². The van der Waals surface area contributed by atoms with Crippen LogP contribution in [0.1, 0.15) is 19.4 Å². The molecular formula is C18H17F3N2O2. The van der Waals surface area contributed by atoms with Crippen molar-refractivity contribution in [1.29, 1.82) is 0 Å². The highest BCUT2D eigenvalue weighted by Gasteiger charge is 2.37. The van der Waals surface area contributed by atoms with Crippen LogP contribution in [-0.4, -0.2) is 11.8 Å². The van der Waals surface area contributed by atoms with Gasteiger partial charge in [-0.15, -0.1) is 0 Å². The lowest BCUT2D eigenvalue weighted by atomic mass is 9.90. The van der Waals surface area contributed by atoms with Crippen LogP contribution in [0.25, 0.3) is 0 Å². The first kappa shape index (κ1) is 18.5. The largest absolute Gasteiger partial charge is 0.325 e. The minimum absolute atomic E-state index is 0.535. The van der Waals surface area contributed by atoms with Gasteiger partial charge in [-0.2, -0.15) is 0 Å². The van der Waals surface area contributed by atoms with Crippen molar-refractivity contribution in [3.05, 3.63) is 59.4 Å². The third-order valence-corrected chi connectivity index (χ3v) is 3.81. The molecule has 2 aromatic rings. The normalized spacial score (nSPS) is 11.1. The summed E-state index contributed by atoms with van der Waals surface area (Å²) in [5.41, 5.74) is -0.786. The number of amides is 2. The Bertz CT molecular complexity index is 835. The maximum Gasteiger partial charge on any atom is 0.239 e. The molecule has 0 saturated carbocycles. The van der Waals surface area contributed by atoms with E-state index in [1.165, 1.54) is 13.8 Å². The quantitative estimate of drug-likeness (QED) is 0.646. The Morgan fingerprint density at radius 2 is 1.40 bits per heavy atom. The average Bonchev–Trinajstić information content (AvgIpc) is 2.57. The molecule has 0 fully saturated rings. The summed E-state index contributed by atoms with van der Waals surface area (Å²) < 4.78 is 39.9. The predicted octanol–water partition coefficient (Wildman–Crippen LogP) is 4.02. The minimum Gasteiger partial charge on any atom is -0.325 e. The number of nitrogens with one attached hydrogen (secondary N) is 2. The summed E-state index contributed by atoms with van der Waals surface area (Å²) in [6.45, 7) is 4.47. The molecule has 0 atom stereocenters. The highest BCUT2D eigenvalue weighted by molar-refractivity contribution is 6.14. The average molecular weight is 350 g/mol. The van der Waals surface area contributed by atoms with Gasteiger partial charge < -0.3 is 10.6 Å². The highest BCUT2D eigenvalue weighted by atomic mass is 19.2. The van der Waals surface area contributed by atoms with Crippen LogP contribution in [0.5, 0.6) is 0 Å². The molecular weight excluding hydrogens is 333 g/mol. The molecule has 2 aromatic carbocycles. The predicted molar refractivity (Wildman–Crippen MR) is 88.5 cm³/mol. The standard InChI is InChI=1S/C18H17F3N2O2/c1-10-6-4-5-7-12(10)22-16(24)18(2,3)17(25)23-13-9-8-11(19)14(20)15(13)21/h4-9H,1-3H3,(H,22,24)(H,23,25). The van der Waals surface area contributed by atoms with Crippen molar-refractivity contribution in [2.75, 3.05) is 10.6 Å². The first-order chi connectivity index (χ1) is 11.6. The van der Waals surface area contributed by atoms with Gasteiger partial charge in [0.2, 0.25) is 11.8 Å². The fraction of sp³-hybridized carbons (Fsp3) is 0.222. The molecule has 132 valence electrons. The molecule has 7 heteroatoms. The van der Waals surface area contributed by atoms with E-state index < -0.39 is 40.4 Å². The second-order valence-corrected chi connectivity index (χ2v) is 6.07. The van der Waals surface area contributed by atoms with Gasteiger partial charge in [-0.1, -0.05) is 18.2 Å². The van der Waals surface area contributed by atoms with Crippen molar-refractivity contribution in [2.45, 2.75) is 20.8 Å². The van der Waals surface area contributed by atoms with Crippen molar-refractivity contribution in [1.82, 2.24) is 0 Å². The number of halogens is 3. The third-order valence-electron chi connectivity index (χ3n) is 3.81. The van der Waals surface area contributed by atoms with Crippen LogP contribution in [0.4, 0.5) is 24.5 Å². The number of rotatable bonds is 4. The molecule has 0 saturated heterocycles. The molecule has 2 N–H and O–H groups in total. The van der Waals surface area contributed by atoms with Crippen LogP contribution in [0.2, 0.25) is 0 Å². The van der Waals surface area contributed by atoms with Crippen LogP contribution >= 0.6 is 0 Å². The van der Waals surface area contributed by atoms with E-state index >= 15 is 0 Å².